The summed E-state index contributed by atoms with van der Waals surface area (Å²) in [4.78, 5) is 14.1. The largest absolute Gasteiger partial charge is 0.481 e. The van der Waals surface area contributed by atoms with Crippen LogP contribution in [-0.4, -0.2) is 62.0 Å². The molecule has 0 aromatic heterocycles. The zero-order valence-corrected chi connectivity index (χ0v) is 46.0. The van der Waals surface area contributed by atoms with E-state index in [1.165, 1.54) is 193 Å². The first-order valence-corrected chi connectivity index (χ1v) is 29.4. The zero-order chi connectivity index (χ0) is 49.5. The van der Waals surface area contributed by atoms with Crippen LogP contribution in [0.3, 0.4) is 0 Å². The number of ether oxygens (including phenoxy) is 2. The van der Waals surface area contributed by atoms with Gasteiger partial charge in [-0.15, -0.1) is 0 Å². The van der Waals surface area contributed by atoms with Gasteiger partial charge in [0.05, 0.1) is 12.7 Å². The van der Waals surface area contributed by atoms with E-state index in [2.05, 4.69) is 113 Å². The molecule has 0 heterocycles. The molecular formula is C63H115NO4. The van der Waals surface area contributed by atoms with Crippen molar-refractivity contribution in [2.24, 2.45) is 5.92 Å². The van der Waals surface area contributed by atoms with Crippen LogP contribution in [0, 0.1) is 5.92 Å². The lowest BCUT2D eigenvalue weighted by atomic mass is 9.85. The fourth-order valence-electron chi connectivity index (χ4n) is 9.13. The second kappa shape index (κ2) is 55.7. The Morgan fingerprint density at radius 1 is 0.426 bits per heavy atom. The molecule has 396 valence electrons. The van der Waals surface area contributed by atoms with Gasteiger partial charge in [0.1, 0.15) is 0 Å². The average molecular weight is 951 g/mol. The summed E-state index contributed by atoms with van der Waals surface area (Å²) >= 11 is 0. The maximum Gasteiger partial charge on any atom is 0.303 e. The Morgan fingerprint density at radius 3 is 1.13 bits per heavy atom. The minimum Gasteiger partial charge on any atom is -0.481 e. The third-order valence-corrected chi connectivity index (χ3v) is 13.5. The molecule has 3 unspecified atom stereocenters. The number of hydrogen-bond donors (Lipinski definition) is 1. The number of hydrogen-bond acceptors (Lipinski definition) is 4. The van der Waals surface area contributed by atoms with Crippen LogP contribution in [0.5, 0.6) is 0 Å². The molecule has 0 aromatic carbocycles. The molecule has 0 fully saturated rings. The third-order valence-electron chi connectivity index (χ3n) is 13.5. The second-order valence-electron chi connectivity index (χ2n) is 20.2. The number of carbonyl (C=O) groups is 1. The lowest BCUT2D eigenvalue weighted by Crippen LogP contribution is -2.44. The maximum absolute atomic E-state index is 11.8. The number of carboxylic acids is 1. The summed E-state index contributed by atoms with van der Waals surface area (Å²) in [6.45, 7) is 8.93. The van der Waals surface area contributed by atoms with Gasteiger partial charge in [-0.1, -0.05) is 216 Å². The van der Waals surface area contributed by atoms with Gasteiger partial charge in [-0.25, -0.2) is 0 Å². The summed E-state index contributed by atoms with van der Waals surface area (Å²) in [6, 6.07) is 0.149. The first kappa shape index (κ1) is 65.8. The van der Waals surface area contributed by atoms with Crippen molar-refractivity contribution >= 4 is 5.97 Å². The first-order valence-electron chi connectivity index (χ1n) is 29.4. The summed E-state index contributed by atoms with van der Waals surface area (Å²) in [7, 11) is 4.25. The minimum atomic E-state index is -0.711. The molecule has 0 aromatic rings. The zero-order valence-electron chi connectivity index (χ0n) is 46.0. The van der Waals surface area contributed by atoms with E-state index >= 15 is 0 Å². The van der Waals surface area contributed by atoms with E-state index in [1.54, 1.807) is 0 Å². The van der Waals surface area contributed by atoms with Crippen LogP contribution in [0.4, 0.5) is 0 Å². The highest BCUT2D eigenvalue weighted by Gasteiger charge is 2.32. The van der Waals surface area contributed by atoms with Crippen molar-refractivity contribution in [3.8, 4) is 0 Å². The smallest absolute Gasteiger partial charge is 0.303 e. The fraction of sp³-hybridized carbons (Fsp3) is 0.794. The standard InChI is InChI=1S/C63H115NO4/c1-6-9-12-15-18-21-24-27-30-33-36-39-42-45-48-51-54-60(61(64(4)5)55-56-63(65)66)62(68-58-53-50-47-44-41-38-35-32-29-26-23-20-17-14-11-8-3)59-67-57-52-49-46-43-40-37-34-31-28-25-22-19-16-13-10-7-2/h18-23,27-32,60-62H,6-17,24-26,33-59H2,1-5H3,(H,65,66)/b21-18-,22-19-,23-20-,30-27-,31-28-,32-29-. The van der Waals surface area contributed by atoms with Gasteiger partial charge >= 0.3 is 5.97 Å². The van der Waals surface area contributed by atoms with Gasteiger partial charge in [0, 0.05) is 31.6 Å². The molecular weight excluding hydrogens is 835 g/mol. The third kappa shape index (κ3) is 48.8. The predicted octanol–water partition coefficient (Wildman–Crippen LogP) is 19.6. The van der Waals surface area contributed by atoms with E-state index in [0.717, 1.165) is 58.2 Å². The van der Waals surface area contributed by atoms with Gasteiger partial charge < -0.3 is 19.5 Å². The van der Waals surface area contributed by atoms with Crippen molar-refractivity contribution in [1.29, 1.82) is 0 Å². The number of carboxylic acid groups (broad SMARTS) is 1. The molecule has 0 aliphatic carbocycles. The van der Waals surface area contributed by atoms with Gasteiger partial charge in [0.15, 0.2) is 0 Å². The fourth-order valence-corrected chi connectivity index (χ4v) is 9.13. The molecule has 0 aliphatic heterocycles. The van der Waals surface area contributed by atoms with Crippen molar-refractivity contribution < 1.29 is 19.4 Å². The molecule has 1 N–H and O–H groups in total. The lowest BCUT2D eigenvalue weighted by molar-refractivity contribution is -0.137. The molecule has 5 nitrogen and oxygen atoms in total. The Hall–Kier alpha value is -2.21. The molecule has 5 heteroatoms. The van der Waals surface area contributed by atoms with E-state index < -0.39 is 5.97 Å². The van der Waals surface area contributed by atoms with Crippen molar-refractivity contribution in [3.63, 3.8) is 0 Å². The molecule has 0 rings (SSSR count). The van der Waals surface area contributed by atoms with Crippen LogP contribution in [0.2, 0.25) is 0 Å². The molecule has 0 saturated carbocycles. The topological polar surface area (TPSA) is 59.0 Å². The Balaban J connectivity index is 5.04. The van der Waals surface area contributed by atoms with Crippen molar-refractivity contribution in [1.82, 2.24) is 4.90 Å². The highest BCUT2D eigenvalue weighted by atomic mass is 16.5. The van der Waals surface area contributed by atoms with Crippen molar-refractivity contribution in [2.45, 2.75) is 283 Å². The van der Waals surface area contributed by atoms with E-state index in [9.17, 15) is 9.90 Å². The van der Waals surface area contributed by atoms with Crippen LogP contribution in [-0.2, 0) is 14.3 Å². The van der Waals surface area contributed by atoms with Crippen LogP contribution < -0.4 is 0 Å². The molecule has 0 bridgehead atoms. The monoisotopic (exact) mass is 950 g/mol. The number of allylic oxidation sites excluding steroid dienone is 12. The first-order chi connectivity index (χ1) is 33.5. The molecule has 0 aliphatic rings. The van der Waals surface area contributed by atoms with E-state index in [-0.39, 0.29) is 24.5 Å². The second-order valence-corrected chi connectivity index (χ2v) is 20.2. The Bertz CT molecular complexity index is 1200. The molecule has 0 saturated heterocycles. The van der Waals surface area contributed by atoms with Crippen LogP contribution >= 0.6 is 0 Å². The molecule has 0 radical (unpaired) electrons. The average Bonchev–Trinajstić information content (AvgIpc) is 3.33. The van der Waals surface area contributed by atoms with E-state index in [4.69, 9.17) is 9.47 Å². The summed E-state index contributed by atoms with van der Waals surface area (Å²) < 4.78 is 13.3. The quantitative estimate of drug-likeness (QED) is 0.0486. The molecule has 0 spiro atoms. The van der Waals surface area contributed by atoms with Gasteiger partial charge in [-0.3, -0.25) is 4.79 Å². The highest BCUT2D eigenvalue weighted by molar-refractivity contribution is 5.66. The molecule has 3 atom stereocenters. The Kier molecular flexibility index (Phi) is 53.9. The van der Waals surface area contributed by atoms with Crippen molar-refractivity contribution in [3.05, 3.63) is 72.9 Å². The number of nitrogens with zero attached hydrogens (tertiary/aromatic N) is 1. The van der Waals surface area contributed by atoms with E-state index in [0.29, 0.717) is 13.0 Å². The normalized spacial score (nSPS) is 13.9. The number of aliphatic carboxylic acids is 1. The maximum atomic E-state index is 11.8. The van der Waals surface area contributed by atoms with Gasteiger partial charge in [-0.05, 0) is 136 Å². The Labute approximate surface area is 424 Å². The Morgan fingerprint density at radius 2 is 0.765 bits per heavy atom. The van der Waals surface area contributed by atoms with Crippen LogP contribution in [0.1, 0.15) is 271 Å². The SMILES string of the molecule is CCCCC/C=C\C/C=C\CCCCCCCCOCC(OCCCCCCCC/C=C\C/C=C\CCCCC)C(CCCCCCCC/C=C\C/C=C\CCCCC)C(CCC(=O)O)N(C)C. The predicted molar refractivity (Wildman–Crippen MR) is 301 cm³/mol. The molecule has 68 heavy (non-hydrogen) atoms. The van der Waals surface area contributed by atoms with Gasteiger partial charge in [0.2, 0.25) is 0 Å². The summed E-state index contributed by atoms with van der Waals surface area (Å²) in [5.74, 6) is -0.465. The van der Waals surface area contributed by atoms with Crippen molar-refractivity contribution in [2.75, 3.05) is 33.9 Å². The molecule has 0 amide bonds. The van der Waals surface area contributed by atoms with Gasteiger partial charge in [0.25, 0.3) is 0 Å². The lowest BCUT2D eigenvalue weighted by Gasteiger charge is -2.37. The summed E-state index contributed by atoms with van der Waals surface area (Å²) in [6.07, 6.45) is 74.6. The highest BCUT2D eigenvalue weighted by Crippen LogP contribution is 2.28. The number of rotatable bonds is 54. The minimum absolute atomic E-state index is 0.0169. The van der Waals surface area contributed by atoms with Gasteiger partial charge in [-0.2, -0.15) is 0 Å². The van der Waals surface area contributed by atoms with Crippen LogP contribution in [0.15, 0.2) is 72.9 Å². The van der Waals surface area contributed by atoms with E-state index in [1.807, 2.05) is 0 Å². The summed E-state index contributed by atoms with van der Waals surface area (Å²) in [5, 5.41) is 9.74. The number of unbranched alkanes of at least 4 members (excludes halogenated alkanes) is 27. The van der Waals surface area contributed by atoms with Crippen LogP contribution in [0.25, 0.3) is 0 Å². The summed E-state index contributed by atoms with van der Waals surface area (Å²) in [5.41, 5.74) is 0.